The molecule has 1 aromatic carbocycles. The summed E-state index contributed by atoms with van der Waals surface area (Å²) in [5.74, 6) is 0.225. The van der Waals surface area contributed by atoms with E-state index < -0.39 is 5.97 Å². The zero-order valence-electron chi connectivity index (χ0n) is 15.5. The number of aliphatic carboxylic acids is 1. The zero-order chi connectivity index (χ0) is 18.7. The van der Waals surface area contributed by atoms with Crippen LogP contribution in [-0.4, -0.2) is 49.2 Å². The van der Waals surface area contributed by atoms with Crippen molar-refractivity contribution in [3.05, 3.63) is 23.3 Å². The molecule has 3 rings (SSSR count). The first kappa shape index (κ1) is 18.5. The second-order valence-corrected chi connectivity index (χ2v) is 7.20. The third-order valence-electron chi connectivity index (χ3n) is 5.69. The van der Waals surface area contributed by atoms with E-state index in [1.54, 1.807) is 14.2 Å². The van der Waals surface area contributed by atoms with E-state index >= 15 is 0 Å². The number of benzene rings is 1. The van der Waals surface area contributed by atoms with Crippen LogP contribution in [0.2, 0.25) is 0 Å². The van der Waals surface area contributed by atoms with Crippen LogP contribution in [0.25, 0.3) is 0 Å². The van der Waals surface area contributed by atoms with Gasteiger partial charge in [0.05, 0.1) is 20.1 Å². The number of rotatable bonds is 4. The highest BCUT2D eigenvalue weighted by Gasteiger charge is 2.33. The number of carboxylic acid groups (broad SMARTS) is 1. The number of carbonyl (C=O) groups is 2. The van der Waals surface area contributed by atoms with E-state index in [1.807, 2.05) is 17.0 Å². The molecule has 6 nitrogen and oxygen atoms in total. The molecule has 2 aliphatic rings. The number of methoxy groups -OCH3 is 2. The van der Waals surface area contributed by atoms with Crippen molar-refractivity contribution in [3.8, 4) is 11.5 Å². The Morgan fingerprint density at radius 1 is 1.00 bits per heavy atom. The van der Waals surface area contributed by atoms with Crippen LogP contribution in [0.3, 0.4) is 0 Å². The summed E-state index contributed by atoms with van der Waals surface area (Å²) in [6.45, 7) is 1.32. The third-order valence-corrected chi connectivity index (χ3v) is 5.69. The number of carbonyl (C=O) groups excluding carboxylic acids is 1. The first-order chi connectivity index (χ1) is 12.5. The van der Waals surface area contributed by atoms with Crippen LogP contribution in [0.15, 0.2) is 12.1 Å². The van der Waals surface area contributed by atoms with Crippen LogP contribution >= 0.6 is 0 Å². The topological polar surface area (TPSA) is 76.1 Å². The first-order valence-electron chi connectivity index (χ1n) is 9.28. The molecule has 1 fully saturated rings. The van der Waals surface area contributed by atoms with Crippen molar-refractivity contribution >= 4 is 11.9 Å². The van der Waals surface area contributed by atoms with Gasteiger partial charge in [0.15, 0.2) is 11.5 Å². The van der Waals surface area contributed by atoms with Crippen molar-refractivity contribution in [2.45, 2.75) is 38.5 Å². The SMILES string of the molecule is COc1cc2c(cc1OC)CCN(C(=O)C1CCCC(C(=O)O)C1)CC2. The zero-order valence-corrected chi connectivity index (χ0v) is 15.5. The second kappa shape index (κ2) is 7.98. The van der Waals surface area contributed by atoms with E-state index in [0.717, 1.165) is 25.7 Å². The van der Waals surface area contributed by atoms with Crippen LogP contribution in [0.1, 0.15) is 36.8 Å². The average Bonchev–Trinajstić information content (AvgIpc) is 2.88. The predicted octanol–water partition coefficient (Wildman–Crippen LogP) is 2.52. The Kier molecular flexibility index (Phi) is 5.69. The summed E-state index contributed by atoms with van der Waals surface area (Å²) in [5, 5.41) is 9.26. The van der Waals surface area contributed by atoms with Crippen molar-refractivity contribution < 1.29 is 24.2 Å². The van der Waals surface area contributed by atoms with Crippen molar-refractivity contribution in [2.75, 3.05) is 27.3 Å². The van der Waals surface area contributed by atoms with Crippen molar-refractivity contribution in [1.82, 2.24) is 4.90 Å². The minimum absolute atomic E-state index is 0.114. The van der Waals surface area contributed by atoms with Gasteiger partial charge in [0.1, 0.15) is 0 Å². The van der Waals surface area contributed by atoms with Crippen molar-refractivity contribution in [1.29, 1.82) is 0 Å². The largest absolute Gasteiger partial charge is 0.493 e. The second-order valence-electron chi connectivity index (χ2n) is 7.20. The van der Waals surface area contributed by atoms with Gasteiger partial charge in [-0.05, 0) is 55.4 Å². The van der Waals surface area contributed by atoms with Crippen molar-refractivity contribution in [3.63, 3.8) is 0 Å². The Labute approximate surface area is 154 Å². The Balaban J connectivity index is 1.70. The molecule has 1 saturated carbocycles. The molecule has 0 bridgehead atoms. The minimum Gasteiger partial charge on any atom is -0.493 e. The maximum absolute atomic E-state index is 13.0. The van der Waals surface area contributed by atoms with Gasteiger partial charge in [-0.1, -0.05) is 6.42 Å². The van der Waals surface area contributed by atoms with Gasteiger partial charge in [-0.15, -0.1) is 0 Å². The van der Waals surface area contributed by atoms with E-state index in [9.17, 15) is 14.7 Å². The summed E-state index contributed by atoms with van der Waals surface area (Å²) in [5.41, 5.74) is 2.37. The van der Waals surface area contributed by atoms with Gasteiger partial charge < -0.3 is 19.5 Å². The fraction of sp³-hybridized carbons (Fsp3) is 0.600. The maximum atomic E-state index is 13.0. The molecular weight excluding hydrogens is 334 g/mol. The average molecular weight is 361 g/mol. The molecule has 1 N–H and O–H groups in total. The Morgan fingerprint density at radius 3 is 2.04 bits per heavy atom. The van der Waals surface area contributed by atoms with E-state index in [1.165, 1.54) is 11.1 Å². The lowest BCUT2D eigenvalue weighted by molar-refractivity contribution is -0.145. The van der Waals surface area contributed by atoms with Gasteiger partial charge in [-0.25, -0.2) is 0 Å². The van der Waals surface area contributed by atoms with Gasteiger partial charge in [0.25, 0.3) is 0 Å². The molecule has 6 heteroatoms. The summed E-state index contributed by atoms with van der Waals surface area (Å²) >= 11 is 0. The van der Waals surface area contributed by atoms with Gasteiger partial charge >= 0.3 is 5.97 Å². The lowest BCUT2D eigenvalue weighted by atomic mass is 9.80. The molecule has 26 heavy (non-hydrogen) atoms. The molecule has 0 aromatic heterocycles. The molecular formula is C20H27NO5. The van der Waals surface area contributed by atoms with E-state index in [2.05, 4.69) is 0 Å². The molecule has 2 unspecified atom stereocenters. The summed E-state index contributed by atoms with van der Waals surface area (Å²) < 4.78 is 10.8. The lowest BCUT2D eigenvalue weighted by Gasteiger charge is -2.30. The molecule has 0 spiro atoms. The quantitative estimate of drug-likeness (QED) is 0.892. The van der Waals surface area contributed by atoms with Crippen molar-refractivity contribution in [2.24, 2.45) is 11.8 Å². The molecule has 142 valence electrons. The number of carboxylic acids is 1. The van der Waals surface area contributed by atoms with Gasteiger partial charge in [0.2, 0.25) is 5.91 Å². The Bertz CT molecular complexity index is 652. The highest BCUT2D eigenvalue weighted by molar-refractivity contribution is 5.80. The normalized spacial score (nSPS) is 22.9. The highest BCUT2D eigenvalue weighted by atomic mass is 16.5. The van der Waals surface area contributed by atoms with E-state index in [-0.39, 0.29) is 17.7 Å². The Morgan fingerprint density at radius 2 is 1.54 bits per heavy atom. The van der Waals surface area contributed by atoms with Crippen LogP contribution in [0.5, 0.6) is 11.5 Å². The molecule has 2 atom stereocenters. The van der Waals surface area contributed by atoms with Crippen LogP contribution in [-0.2, 0) is 22.4 Å². The molecule has 1 aromatic rings. The number of fused-ring (bicyclic) bond motifs is 1. The molecule has 1 heterocycles. The minimum atomic E-state index is -0.773. The Hall–Kier alpha value is -2.24. The number of amides is 1. The summed E-state index contributed by atoms with van der Waals surface area (Å²) in [6, 6.07) is 4.01. The monoisotopic (exact) mass is 361 g/mol. The van der Waals surface area contributed by atoms with Gasteiger partial charge in [-0.2, -0.15) is 0 Å². The predicted molar refractivity (Wildman–Crippen MR) is 96.6 cm³/mol. The number of hydrogen-bond acceptors (Lipinski definition) is 4. The molecule has 1 aliphatic carbocycles. The summed E-state index contributed by atoms with van der Waals surface area (Å²) in [7, 11) is 3.25. The molecule has 0 radical (unpaired) electrons. The van der Waals surface area contributed by atoms with E-state index in [4.69, 9.17) is 9.47 Å². The summed E-state index contributed by atoms with van der Waals surface area (Å²) in [4.78, 5) is 26.1. The summed E-state index contributed by atoms with van der Waals surface area (Å²) in [6.07, 6.45) is 4.32. The first-order valence-corrected chi connectivity index (χ1v) is 9.28. The molecule has 1 amide bonds. The van der Waals surface area contributed by atoms with Crippen LogP contribution in [0, 0.1) is 11.8 Å². The van der Waals surface area contributed by atoms with Crippen LogP contribution in [0.4, 0.5) is 0 Å². The number of hydrogen-bond donors (Lipinski definition) is 1. The number of nitrogens with zero attached hydrogens (tertiary/aromatic N) is 1. The van der Waals surface area contributed by atoms with Gasteiger partial charge in [-0.3, -0.25) is 9.59 Å². The fourth-order valence-electron chi connectivity index (χ4n) is 4.17. The molecule has 1 aliphatic heterocycles. The van der Waals surface area contributed by atoms with E-state index in [0.29, 0.717) is 37.4 Å². The fourth-order valence-corrected chi connectivity index (χ4v) is 4.17. The highest BCUT2D eigenvalue weighted by Crippen LogP contribution is 2.34. The van der Waals surface area contributed by atoms with Crippen LogP contribution < -0.4 is 9.47 Å². The smallest absolute Gasteiger partial charge is 0.306 e. The number of ether oxygens (including phenoxy) is 2. The standard InChI is InChI=1S/C20H27NO5/c1-25-17-11-13-6-8-21(9-7-14(13)12-18(17)26-2)19(22)15-4-3-5-16(10-15)20(23)24/h11-12,15-16H,3-10H2,1-2H3,(H,23,24). The third kappa shape index (κ3) is 3.79. The van der Waals surface area contributed by atoms with Gasteiger partial charge in [0, 0.05) is 19.0 Å². The molecule has 0 saturated heterocycles. The maximum Gasteiger partial charge on any atom is 0.306 e. The lowest BCUT2D eigenvalue weighted by Crippen LogP contribution is -2.40.